The highest BCUT2D eigenvalue weighted by Gasteiger charge is 2.28. The fourth-order valence-electron chi connectivity index (χ4n) is 4.65. The van der Waals surface area contributed by atoms with E-state index in [1.54, 1.807) is 0 Å². The minimum absolute atomic E-state index is 0.216. The number of imidazole rings is 1. The van der Waals surface area contributed by atoms with Gasteiger partial charge in [-0.3, -0.25) is 0 Å². The number of halogens is 1. The molecule has 0 saturated carbocycles. The van der Waals surface area contributed by atoms with E-state index in [0.29, 0.717) is 5.92 Å². The maximum Gasteiger partial charge on any atom is 0.103 e. The quantitative estimate of drug-likeness (QED) is 0.429. The first-order chi connectivity index (χ1) is 14.6. The zero-order chi connectivity index (χ0) is 20.7. The van der Waals surface area contributed by atoms with Crippen molar-refractivity contribution in [3.05, 3.63) is 64.5 Å². The summed E-state index contributed by atoms with van der Waals surface area (Å²) in [5.74, 6) is 0.501. The number of nitrogens with zero attached hydrogens (tertiary/aromatic N) is 5. The van der Waals surface area contributed by atoms with Gasteiger partial charge in [-0.15, -0.1) is 5.10 Å². The minimum Gasteiger partial charge on any atom is -0.381 e. The minimum atomic E-state index is 0.216. The van der Waals surface area contributed by atoms with Crippen LogP contribution in [0.4, 0.5) is 0 Å². The molecule has 30 heavy (non-hydrogen) atoms. The van der Waals surface area contributed by atoms with Crippen molar-refractivity contribution >= 4 is 27.0 Å². The molecular weight excluding hydrogens is 442 g/mol. The Bertz CT molecular complexity index is 1160. The van der Waals surface area contributed by atoms with Crippen molar-refractivity contribution in [2.75, 3.05) is 13.2 Å². The second-order valence-electron chi connectivity index (χ2n) is 7.93. The van der Waals surface area contributed by atoms with Gasteiger partial charge in [-0.1, -0.05) is 35.5 Å². The van der Waals surface area contributed by atoms with Crippen LogP contribution in [0.2, 0.25) is 0 Å². The number of hydrogen-bond acceptors (Lipinski definition) is 4. The molecule has 4 aromatic rings. The third-order valence-corrected chi connectivity index (χ3v) is 6.66. The molecule has 1 saturated heterocycles. The number of fused-ring (bicyclic) bond motifs is 1. The van der Waals surface area contributed by atoms with Gasteiger partial charge >= 0.3 is 0 Å². The molecule has 0 N–H and O–H groups in total. The largest absolute Gasteiger partial charge is 0.381 e. The Kier molecular flexibility index (Phi) is 5.16. The molecule has 1 fully saturated rings. The van der Waals surface area contributed by atoms with Crippen molar-refractivity contribution < 1.29 is 4.74 Å². The molecule has 154 valence electrons. The summed E-state index contributed by atoms with van der Waals surface area (Å²) in [5, 5.41) is 8.41. The van der Waals surface area contributed by atoms with Crippen molar-refractivity contribution in [2.24, 2.45) is 13.0 Å². The van der Waals surface area contributed by atoms with Crippen molar-refractivity contribution in [3.8, 4) is 11.3 Å². The Morgan fingerprint density at radius 1 is 1.13 bits per heavy atom. The zero-order valence-electron chi connectivity index (χ0n) is 17.1. The van der Waals surface area contributed by atoms with E-state index in [1.165, 1.54) is 5.56 Å². The summed E-state index contributed by atoms with van der Waals surface area (Å²) in [7, 11) is 1.93. The standard InChI is InChI=1S/C23H24BrN5O/c1-15-22(28(2)27-26-15)18-12-19(24)21-20(13-18)29(14-25-21)23(16-6-4-3-5-7-16)17-8-10-30-11-9-17/h3-7,12-14,17,23H,8-11H2,1-2H3. The molecule has 0 amide bonds. The predicted octanol–water partition coefficient (Wildman–Crippen LogP) is 4.92. The van der Waals surface area contributed by atoms with Gasteiger partial charge in [-0.25, -0.2) is 9.67 Å². The number of aromatic nitrogens is 5. The number of aryl methyl sites for hydroxylation is 2. The molecule has 0 spiro atoms. The molecule has 7 heteroatoms. The Morgan fingerprint density at radius 2 is 1.90 bits per heavy atom. The molecule has 5 rings (SSSR count). The highest BCUT2D eigenvalue weighted by atomic mass is 79.9. The number of ether oxygens (including phenoxy) is 1. The highest BCUT2D eigenvalue weighted by molar-refractivity contribution is 9.10. The smallest absolute Gasteiger partial charge is 0.103 e. The lowest BCUT2D eigenvalue weighted by molar-refractivity contribution is 0.0547. The summed E-state index contributed by atoms with van der Waals surface area (Å²) in [6.07, 6.45) is 4.08. The molecule has 3 heterocycles. The molecule has 0 aliphatic carbocycles. The lowest BCUT2D eigenvalue weighted by Crippen LogP contribution is -2.26. The van der Waals surface area contributed by atoms with Crippen molar-refractivity contribution in [3.63, 3.8) is 0 Å². The molecule has 1 aliphatic heterocycles. The summed E-state index contributed by atoms with van der Waals surface area (Å²) in [6, 6.07) is 15.3. The Hall–Kier alpha value is -2.51. The zero-order valence-corrected chi connectivity index (χ0v) is 18.7. The van der Waals surface area contributed by atoms with Gasteiger partial charge in [0.15, 0.2) is 0 Å². The molecule has 2 aromatic heterocycles. The van der Waals surface area contributed by atoms with Gasteiger partial charge < -0.3 is 9.30 Å². The van der Waals surface area contributed by atoms with Crippen LogP contribution in [0, 0.1) is 12.8 Å². The van der Waals surface area contributed by atoms with Crippen LogP contribution < -0.4 is 0 Å². The SMILES string of the molecule is Cc1nnn(C)c1-c1cc(Br)c2ncn(C(c3ccccc3)C3CCOCC3)c2c1. The van der Waals surface area contributed by atoms with E-state index < -0.39 is 0 Å². The van der Waals surface area contributed by atoms with E-state index in [9.17, 15) is 0 Å². The van der Waals surface area contributed by atoms with Gasteiger partial charge in [-0.05, 0) is 59.3 Å². The van der Waals surface area contributed by atoms with E-state index in [0.717, 1.165) is 58.5 Å². The first-order valence-electron chi connectivity index (χ1n) is 10.3. The molecular formula is C23H24BrN5O. The normalized spacial score (nSPS) is 16.2. The monoisotopic (exact) mass is 465 g/mol. The van der Waals surface area contributed by atoms with Crippen molar-refractivity contribution in [2.45, 2.75) is 25.8 Å². The third kappa shape index (κ3) is 3.36. The Labute approximate surface area is 184 Å². The fraction of sp³-hybridized carbons (Fsp3) is 0.348. The van der Waals surface area contributed by atoms with Crippen LogP contribution in [0.5, 0.6) is 0 Å². The maximum atomic E-state index is 5.66. The van der Waals surface area contributed by atoms with Crippen LogP contribution in [0.3, 0.4) is 0 Å². The van der Waals surface area contributed by atoms with Gasteiger partial charge in [0.25, 0.3) is 0 Å². The number of benzene rings is 2. The van der Waals surface area contributed by atoms with E-state index in [4.69, 9.17) is 9.72 Å². The summed E-state index contributed by atoms with van der Waals surface area (Å²) in [5.41, 5.74) is 6.41. The lowest BCUT2D eigenvalue weighted by Gasteiger charge is -2.32. The molecule has 0 radical (unpaired) electrons. The first kappa shape index (κ1) is 19.5. The van der Waals surface area contributed by atoms with Crippen LogP contribution >= 0.6 is 15.9 Å². The van der Waals surface area contributed by atoms with Gasteiger partial charge in [0.1, 0.15) is 5.52 Å². The highest BCUT2D eigenvalue weighted by Crippen LogP contribution is 2.38. The van der Waals surface area contributed by atoms with Crippen LogP contribution in [-0.4, -0.2) is 37.8 Å². The molecule has 0 bridgehead atoms. The second kappa shape index (κ2) is 7.96. The van der Waals surface area contributed by atoms with Gasteiger partial charge in [0.05, 0.1) is 29.3 Å². The van der Waals surface area contributed by atoms with Crippen molar-refractivity contribution in [1.29, 1.82) is 0 Å². The topological polar surface area (TPSA) is 57.8 Å². The Balaban J connectivity index is 1.70. The van der Waals surface area contributed by atoms with Crippen LogP contribution in [-0.2, 0) is 11.8 Å². The molecule has 1 unspecified atom stereocenters. The average Bonchev–Trinajstić information content (AvgIpc) is 3.33. The summed E-state index contributed by atoms with van der Waals surface area (Å²) >= 11 is 3.75. The Morgan fingerprint density at radius 3 is 2.60 bits per heavy atom. The van der Waals surface area contributed by atoms with Gasteiger partial charge in [0, 0.05) is 30.3 Å². The van der Waals surface area contributed by atoms with Crippen molar-refractivity contribution in [1.82, 2.24) is 24.5 Å². The summed E-state index contributed by atoms with van der Waals surface area (Å²) < 4.78 is 10.8. The molecule has 2 aromatic carbocycles. The van der Waals surface area contributed by atoms with Crippen LogP contribution in [0.15, 0.2) is 53.3 Å². The summed E-state index contributed by atoms with van der Waals surface area (Å²) in [6.45, 7) is 3.62. The number of hydrogen-bond donors (Lipinski definition) is 0. The van der Waals surface area contributed by atoms with Crippen LogP contribution in [0.25, 0.3) is 22.3 Å². The lowest BCUT2D eigenvalue weighted by atomic mass is 9.86. The van der Waals surface area contributed by atoms with Crippen LogP contribution in [0.1, 0.15) is 30.1 Å². The first-order valence-corrected chi connectivity index (χ1v) is 11.1. The second-order valence-corrected chi connectivity index (χ2v) is 8.78. The van der Waals surface area contributed by atoms with E-state index in [-0.39, 0.29) is 6.04 Å². The average molecular weight is 466 g/mol. The van der Waals surface area contributed by atoms with Gasteiger partial charge in [-0.2, -0.15) is 0 Å². The predicted molar refractivity (Wildman–Crippen MR) is 120 cm³/mol. The van der Waals surface area contributed by atoms with E-state index in [2.05, 4.69) is 73.3 Å². The molecule has 1 aliphatic rings. The molecule has 1 atom stereocenters. The fourth-order valence-corrected chi connectivity index (χ4v) is 5.20. The number of rotatable bonds is 4. The molecule has 6 nitrogen and oxygen atoms in total. The van der Waals surface area contributed by atoms with E-state index in [1.807, 2.05) is 25.0 Å². The summed E-state index contributed by atoms with van der Waals surface area (Å²) in [4.78, 5) is 4.77. The van der Waals surface area contributed by atoms with E-state index >= 15 is 0 Å². The van der Waals surface area contributed by atoms with Gasteiger partial charge in [0.2, 0.25) is 0 Å². The maximum absolute atomic E-state index is 5.66. The third-order valence-electron chi connectivity index (χ3n) is 6.05.